The summed E-state index contributed by atoms with van der Waals surface area (Å²) in [7, 11) is -2.02. The highest BCUT2D eigenvalue weighted by Gasteiger charge is 2.16. The molecule has 0 unspecified atom stereocenters. The molecule has 1 heterocycles. The molecule has 0 saturated carbocycles. The molecule has 1 aliphatic rings. The minimum Gasteiger partial charge on any atom is -0.496 e. The Hall–Kier alpha value is -0.890. The van der Waals surface area contributed by atoms with Crippen LogP contribution in [0.3, 0.4) is 0 Å². The molecule has 2 rings (SSSR count). The van der Waals surface area contributed by atoms with Gasteiger partial charge >= 0.3 is 0 Å². The van der Waals surface area contributed by atoms with E-state index in [0.29, 0.717) is 12.3 Å². The second-order valence-corrected chi connectivity index (χ2v) is 7.06. The maximum Gasteiger partial charge on any atom is 0.240 e. The van der Waals surface area contributed by atoms with Gasteiger partial charge in [-0.2, -0.15) is 0 Å². The molecule has 7 heteroatoms. The van der Waals surface area contributed by atoms with E-state index < -0.39 is 10.0 Å². The normalized spacial score (nSPS) is 15.8. The number of methoxy groups -OCH3 is 1. The summed E-state index contributed by atoms with van der Waals surface area (Å²) in [6.07, 6.45) is 2.89. The SMILES string of the molecule is COc1cc(S(=O)(=O)NCC2=CCNCC2)ccc1Br. The van der Waals surface area contributed by atoms with E-state index in [2.05, 4.69) is 26.0 Å². The predicted octanol–water partition coefficient (Wildman–Crippen LogP) is 1.66. The summed E-state index contributed by atoms with van der Waals surface area (Å²) in [5.74, 6) is 0.494. The van der Waals surface area contributed by atoms with Gasteiger partial charge in [0.2, 0.25) is 10.0 Å². The highest BCUT2D eigenvalue weighted by Crippen LogP contribution is 2.27. The molecule has 1 aliphatic heterocycles. The van der Waals surface area contributed by atoms with E-state index in [1.807, 2.05) is 6.08 Å². The van der Waals surface area contributed by atoms with E-state index in [-0.39, 0.29) is 4.90 Å². The van der Waals surface area contributed by atoms with Crippen LogP contribution in [0.25, 0.3) is 0 Å². The number of nitrogens with one attached hydrogen (secondary N) is 2. The number of sulfonamides is 1. The Balaban J connectivity index is 2.11. The second kappa shape index (κ2) is 6.71. The van der Waals surface area contributed by atoms with Gasteiger partial charge in [-0.1, -0.05) is 11.6 Å². The summed E-state index contributed by atoms with van der Waals surface area (Å²) in [4.78, 5) is 0.201. The Labute approximate surface area is 127 Å². The second-order valence-electron chi connectivity index (χ2n) is 4.44. The van der Waals surface area contributed by atoms with Crippen LogP contribution in [0.4, 0.5) is 0 Å². The molecule has 110 valence electrons. The summed E-state index contributed by atoms with van der Waals surface area (Å²) >= 11 is 3.30. The van der Waals surface area contributed by atoms with E-state index in [1.54, 1.807) is 12.1 Å². The molecule has 20 heavy (non-hydrogen) atoms. The largest absolute Gasteiger partial charge is 0.496 e. The lowest BCUT2D eigenvalue weighted by Crippen LogP contribution is -2.29. The first-order valence-corrected chi connectivity index (χ1v) is 8.52. The lowest BCUT2D eigenvalue weighted by atomic mass is 10.1. The fourth-order valence-electron chi connectivity index (χ4n) is 1.91. The lowest BCUT2D eigenvalue weighted by Gasteiger charge is -2.15. The van der Waals surface area contributed by atoms with Gasteiger partial charge < -0.3 is 10.1 Å². The number of hydrogen-bond acceptors (Lipinski definition) is 4. The van der Waals surface area contributed by atoms with Crippen molar-refractivity contribution in [2.45, 2.75) is 11.3 Å². The highest BCUT2D eigenvalue weighted by molar-refractivity contribution is 9.10. The first-order chi connectivity index (χ1) is 9.53. The third-order valence-corrected chi connectivity index (χ3v) is 5.13. The van der Waals surface area contributed by atoms with Crippen molar-refractivity contribution < 1.29 is 13.2 Å². The Bertz CT molecular complexity index is 614. The van der Waals surface area contributed by atoms with Gasteiger partial charge in [-0.05, 0) is 41.0 Å². The first-order valence-electron chi connectivity index (χ1n) is 6.25. The Kier molecular flexibility index (Phi) is 5.20. The molecule has 0 aromatic heterocycles. The lowest BCUT2D eigenvalue weighted by molar-refractivity contribution is 0.410. The molecule has 0 aliphatic carbocycles. The molecule has 1 aromatic carbocycles. The van der Waals surface area contributed by atoms with E-state index in [4.69, 9.17) is 4.74 Å². The van der Waals surface area contributed by atoms with Crippen molar-refractivity contribution in [1.29, 1.82) is 0 Å². The Morgan fingerprint density at radius 3 is 2.90 bits per heavy atom. The van der Waals surface area contributed by atoms with Crippen molar-refractivity contribution in [1.82, 2.24) is 10.0 Å². The van der Waals surface area contributed by atoms with E-state index in [1.165, 1.54) is 13.2 Å². The zero-order valence-electron chi connectivity index (χ0n) is 11.1. The van der Waals surface area contributed by atoms with Gasteiger partial charge in [0, 0.05) is 19.2 Å². The van der Waals surface area contributed by atoms with Crippen molar-refractivity contribution in [2.24, 2.45) is 0 Å². The summed E-state index contributed by atoms with van der Waals surface area (Å²) < 4.78 is 32.9. The minimum absolute atomic E-state index is 0.201. The van der Waals surface area contributed by atoms with Gasteiger partial charge in [-0.3, -0.25) is 0 Å². The van der Waals surface area contributed by atoms with Gasteiger partial charge in [0.05, 0.1) is 16.5 Å². The molecule has 0 atom stereocenters. The van der Waals surface area contributed by atoms with Crippen LogP contribution < -0.4 is 14.8 Å². The number of benzene rings is 1. The number of halogens is 1. The number of rotatable bonds is 5. The Morgan fingerprint density at radius 2 is 2.25 bits per heavy atom. The van der Waals surface area contributed by atoms with Gasteiger partial charge in [-0.25, -0.2) is 13.1 Å². The van der Waals surface area contributed by atoms with Crippen LogP contribution in [0.5, 0.6) is 5.75 Å². The molecular formula is C13H17BrN2O3S. The first kappa shape index (κ1) is 15.5. The standard InChI is InChI=1S/C13H17BrN2O3S/c1-19-13-8-11(2-3-12(13)14)20(17,18)16-9-10-4-6-15-7-5-10/h2-4,8,15-16H,5-7,9H2,1H3. The van der Waals surface area contributed by atoms with Gasteiger partial charge in [0.1, 0.15) is 5.75 Å². The summed E-state index contributed by atoms with van der Waals surface area (Å²) in [6, 6.07) is 4.71. The van der Waals surface area contributed by atoms with Crippen LogP contribution in [0.2, 0.25) is 0 Å². The molecule has 0 amide bonds. The summed E-state index contributed by atoms with van der Waals surface area (Å²) in [5, 5.41) is 3.19. The van der Waals surface area contributed by atoms with Gasteiger partial charge in [0.15, 0.2) is 0 Å². The minimum atomic E-state index is -3.52. The average molecular weight is 361 g/mol. The fourth-order valence-corrected chi connectivity index (χ4v) is 3.37. The van der Waals surface area contributed by atoms with Crippen LogP contribution in [-0.2, 0) is 10.0 Å². The molecule has 0 radical (unpaired) electrons. The van der Waals surface area contributed by atoms with Crippen LogP contribution in [-0.4, -0.2) is 35.2 Å². The van der Waals surface area contributed by atoms with Crippen molar-refractivity contribution >= 4 is 26.0 Å². The maximum absolute atomic E-state index is 12.2. The van der Waals surface area contributed by atoms with Crippen LogP contribution in [0, 0.1) is 0 Å². The van der Waals surface area contributed by atoms with E-state index >= 15 is 0 Å². The molecule has 0 fully saturated rings. The molecule has 0 spiro atoms. The quantitative estimate of drug-likeness (QED) is 0.783. The fraction of sp³-hybridized carbons (Fsp3) is 0.385. The molecule has 0 bridgehead atoms. The van der Waals surface area contributed by atoms with E-state index in [9.17, 15) is 8.42 Å². The number of hydrogen-bond donors (Lipinski definition) is 2. The molecular weight excluding hydrogens is 344 g/mol. The molecule has 0 saturated heterocycles. The molecule has 2 N–H and O–H groups in total. The molecule has 1 aromatic rings. The van der Waals surface area contributed by atoms with Crippen LogP contribution in [0.1, 0.15) is 6.42 Å². The monoisotopic (exact) mass is 360 g/mol. The molecule has 5 nitrogen and oxygen atoms in total. The van der Waals surface area contributed by atoms with Crippen LogP contribution >= 0.6 is 15.9 Å². The van der Waals surface area contributed by atoms with Crippen molar-refractivity contribution in [3.8, 4) is 5.75 Å². The summed E-state index contributed by atoms with van der Waals surface area (Å²) in [5.41, 5.74) is 1.11. The third-order valence-electron chi connectivity index (χ3n) is 3.08. The topological polar surface area (TPSA) is 67.4 Å². The van der Waals surface area contributed by atoms with E-state index in [0.717, 1.165) is 29.6 Å². The number of ether oxygens (including phenoxy) is 1. The van der Waals surface area contributed by atoms with Crippen molar-refractivity contribution in [3.05, 3.63) is 34.3 Å². The summed E-state index contributed by atoms with van der Waals surface area (Å²) in [6.45, 7) is 2.03. The smallest absolute Gasteiger partial charge is 0.240 e. The average Bonchev–Trinajstić information content (AvgIpc) is 2.46. The zero-order valence-corrected chi connectivity index (χ0v) is 13.6. The van der Waals surface area contributed by atoms with Gasteiger partial charge in [-0.15, -0.1) is 0 Å². The highest BCUT2D eigenvalue weighted by atomic mass is 79.9. The Morgan fingerprint density at radius 1 is 1.45 bits per heavy atom. The zero-order chi connectivity index (χ0) is 14.6. The third kappa shape index (κ3) is 3.82. The van der Waals surface area contributed by atoms with Crippen molar-refractivity contribution in [3.63, 3.8) is 0 Å². The van der Waals surface area contributed by atoms with Gasteiger partial charge in [0.25, 0.3) is 0 Å². The van der Waals surface area contributed by atoms with Crippen molar-refractivity contribution in [2.75, 3.05) is 26.7 Å². The maximum atomic E-state index is 12.2. The predicted molar refractivity (Wildman–Crippen MR) is 81.5 cm³/mol. The van der Waals surface area contributed by atoms with Crippen LogP contribution in [0.15, 0.2) is 39.2 Å².